The van der Waals surface area contributed by atoms with Gasteiger partial charge in [0, 0.05) is 57.1 Å². The van der Waals surface area contributed by atoms with Crippen molar-refractivity contribution >= 4 is 43.4 Å². The topological polar surface area (TPSA) is 75.6 Å². The molecule has 1 aromatic carbocycles. The van der Waals surface area contributed by atoms with Crippen molar-refractivity contribution in [3.05, 3.63) is 53.3 Å². The normalized spacial score (nSPS) is 17.7. The Balaban J connectivity index is 1.38. The van der Waals surface area contributed by atoms with Gasteiger partial charge in [-0.15, -0.1) is 11.3 Å². The van der Waals surface area contributed by atoms with Crippen molar-refractivity contribution in [3.63, 3.8) is 0 Å². The molecule has 0 aliphatic carbocycles. The molecular formula is C28H34N6O2S. The number of rotatable bonds is 7. The summed E-state index contributed by atoms with van der Waals surface area (Å²) in [6.45, 7) is 11.0. The van der Waals surface area contributed by atoms with E-state index in [0.29, 0.717) is 6.61 Å². The maximum Gasteiger partial charge on any atom is 0.147 e. The van der Waals surface area contributed by atoms with E-state index in [-0.39, 0.29) is 5.60 Å². The van der Waals surface area contributed by atoms with Gasteiger partial charge in [0.15, 0.2) is 0 Å². The van der Waals surface area contributed by atoms with E-state index in [1.54, 1.807) is 17.7 Å². The van der Waals surface area contributed by atoms with Crippen molar-refractivity contribution in [1.82, 2.24) is 19.9 Å². The van der Waals surface area contributed by atoms with E-state index >= 15 is 0 Å². The number of hydrogen-bond donors (Lipinski definition) is 1. The molecule has 37 heavy (non-hydrogen) atoms. The third-order valence-electron chi connectivity index (χ3n) is 7.25. The van der Waals surface area contributed by atoms with Crippen LogP contribution >= 0.6 is 11.3 Å². The molecule has 1 fully saturated rings. The average Bonchev–Trinajstić information content (AvgIpc) is 3.28. The summed E-state index contributed by atoms with van der Waals surface area (Å²) in [5.74, 6) is 1.88. The lowest BCUT2D eigenvalue weighted by molar-refractivity contribution is -0.0395. The van der Waals surface area contributed by atoms with E-state index < -0.39 is 0 Å². The fourth-order valence-corrected chi connectivity index (χ4v) is 6.44. The van der Waals surface area contributed by atoms with Gasteiger partial charge in [-0.1, -0.05) is 30.3 Å². The van der Waals surface area contributed by atoms with E-state index in [1.807, 2.05) is 0 Å². The van der Waals surface area contributed by atoms with Crippen LogP contribution in [0.2, 0.25) is 0 Å². The maximum absolute atomic E-state index is 6.28. The largest absolute Gasteiger partial charge is 0.379 e. The minimum absolute atomic E-state index is 0.239. The maximum atomic E-state index is 6.28. The summed E-state index contributed by atoms with van der Waals surface area (Å²) in [5.41, 5.74) is 4.48. The van der Waals surface area contributed by atoms with Crippen LogP contribution in [0.3, 0.4) is 0 Å². The van der Waals surface area contributed by atoms with Gasteiger partial charge in [-0.25, -0.2) is 15.0 Å². The van der Waals surface area contributed by atoms with Crippen LogP contribution in [0.25, 0.3) is 20.4 Å². The van der Waals surface area contributed by atoms with E-state index in [1.165, 1.54) is 16.7 Å². The van der Waals surface area contributed by atoms with E-state index in [9.17, 15) is 0 Å². The summed E-state index contributed by atoms with van der Waals surface area (Å²) in [6, 6.07) is 10.5. The fraction of sp³-hybridized carbons (Fsp3) is 0.464. The molecule has 0 atom stereocenters. The Morgan fingerprint density at radius 1 is 1.11 bits per heavy atom. The highest BCUT2D eigenvalue weighted by atomic mass is 32.1. The summed E-state index contributed by atoms with van der Waals surface area (Å²) >= 11 is 1.69. The Labute approximate surface area is 221 Å². The molecule has 6 rings (SSSR count). The Morgan fingerprint density at radius 2 is 1.92 bits per heavy atom. The second kappa shape index (κ2) is 10.1. The highest BCUT2D eigenvalue weighted by Gasteiger charge is 2.32. The number of nitrogens with one attached hydrogen (secondary N) is 1. The molecule has 0 unspecified atom stereocenters. The van der Waals surface area contributed by atoms with Gasteiger partial charge in [0.2, 0.25) is 0 Å². The third-order valence-corrected chi connectivity index (χ3v) is 8.33. The van der Waals surface area contributed by atoms with Crippen molar-refractivity contribution in [2.45, 2.75) is 39.0 Å². The standard InChI is InChI=1S/C28H34N6O2S/c1-28(2)15-20-21(17-36-28)26(33(3)16-19-7-5-4-6-8-19)32-27-22(20)23-24(37-27)25(31-18-30-23)29-9-10-34-11-13-35-14-12-34/h4-8,18H,9-17H2,1-3H3,(H,29,30,31). The summed E-state index contributed by atoms with van der Waals surface area (Å²) in [7, 11) is 2.12. The van der Waals surface area contributed by atoms with Crippen LogP contribution in [-0.2, 0) is 29.0 Å². The molecule has 2 aliphatic heterocycles. The Bertz CT molecular complexity index is 1400. The van der Waals surface area contributed by atoms with Gasteiger partial charge in [0.05, 0.1) is 35.6 Å². The number of benzene rings is 1. The van der Waals surface area contributed by atoms with Gasteiger partial charge in [-0.05, 0) is 25.0 Å². The number of nitrogens with zero attached hydrogens (tertiary/aromatic N) is 5. The first kappa shape index (κ1) is 24.5. The summed E-state index contributed by atoms with van der Waals surface area (Å²) in [6.07, 6.45) is 2.50. The molecule has 8 nitrogen and oxygen atoms in total. The van der Waals surface area contributed by atoms with Crippen LogP contribution in [0, 0.1) is 0 Å². The molecule has 9 heteroatoms. The molecule has 0 amide bonds. The number of thiophene rings is 1. The number of hydrogen-bond acceptors (Lipinski definition) is 9. The van der Waals surface area contributed by atoms with Crippen molar-refractivity contribution in [2.24, 2.45) is 0 Å². The molecule has 1 saturated heterocycles. The minimum Gasteiger partial charge on any atom is -0.379 e. The van der Waals surface area contributed by atoms with Crippen molar-refractivity contribution in [2.75, 3.05) is 56.7 Å². The molecule has 0 bridgehead atoms. The first-order valence-corrected chi connectivity index (χ1v) is 13.8. The zero-order valence-corrected chi connectivity index (χ0v) is 22.6. The third kappa shape index (κ3) is 5.01. The Hall–Kier alpha value is -2.85. The molecule has 2 aliphatic rings. The van der Waals surface area contributed by atoms with Gasteiger partial charge >= 0.3 is 0 Å². The number of pyridine rings is 1. The lowest BCUT2D eigenvalue weighted by atomic mass is 9.90. The van der Waals surface area contributed by atoms with Crippen LogP contribution in [0.5, 0.6) is 0 Å². The lowest BCUT2D eigenvalue weighted by Crippen LogP contribution is -2.39. The molecule has 3 aromatic heterocycles. The smallest absolute Gasteiger partial charge is 0.147 e. The predicted molar refractivity (Wildman–Crippen MR) is 150 cm³/mol. The molecule has 194 valence electrons. The monoisotopic (exact) mass is 518 g/mol. The molecule has 5 heterocycles. The highest BCUT2D eigenvalue weighted by Crippen LogP contribution is 2.44. The van der Waals surface area contributed by atoms with E-state index in [4.69, 9.17) is 19.4 Å². The summed E-state index contributed by atoms with van der Waals surface area (Å²) < 4.78 is 12.8. The highest BCUT2D eigenvalue weighted by molar-refractivity contribution is 7.26. The number of fused-ring (bicyclic) bond motifs is 5. The van der Waals surface area contributed by atoms with Crippen LogP contribution in [0.1, 0.15) is 30.5 Å². The van der Waals surface area contributed by atoms with Gasteiger partial charge in [0.1, 0.15) is 22.8 Å². The second-order valence-corrected chi connectivity index (χ2v) is 11.5. The first-order valence-electron chi connectivity index (χ1n) is 13.0. The van der Waals surface area contributed by atoms with Gasteiger partial charge in [0.25, 0.3) is 0 Å². The van der Waals surface area contributed by atoms with E-state index in [0.717, 1.165) is 84.4 Å². The molecule has 1 N–H and O–H groups in total. The van der Waals surface area contributed by atoms with Crippen LogP contribution in [0.15, 0.2) is 36.7 Å². The van der Waals surface area contributed by atoms with Gasteiger partial charge in [-0.2, -0.15) is 0 Å². The summed E-state index contributed by atoms with van der Waals surface area (Å²) in [4.78, 5) is 20.3. The van der Waals surface area contributed by atoms with Crippen molar-refractivity contribution in [3.8, 4) is 0 Å². The lowest BCUT2D eigenvalue weighted by Gasteiger charge is -2.34. The summed E-state index contributed by atoms with van der Waals surface area (Å²) in [5, 5.41) is 4.73. The second-order valence-electron chi connectivity index (χ2n) is 10.5. The Morgan fingerprint density at radius 3 is 2.73 bits per heavy atom. The van der Waals surface area contributed by atoms with Crippen molar-refractivity contribution < 1.29 is 9.47 Å². The predicted octanol–water partition coefficient (Wildman–Crippen LogP) is 4.47. The quantitative estimate of drug-likeness (QED) is 0.384. The van der Waals surface area contributed by atoms with Gasteiger partial charge in [-0.3, -0.25) is 4.90 Å². The van der Waals surface area contributed by atoms with Gasteiger partial charge < -0.3 is 19.7 Å². The first-order chi connectivity index (χ1) is 18.0. The average molecular weight is 519 g/mol. The zero-order valence-electron chi connectivity index (χ0n) is 21.8. The number of aromatic nitrogens is 3. The number of morpholine rings is 1. The van der Waals surface area contributed by atoms with Crippen LogP contribution < -0.4 is 10.2 Å². The number of ether oxygens (including phenoxy) is 2. The minimum atomic E-state index is -0.239. The fourth-order valence-electron chi connectivity index (χ4n) is 5.32. The van der Waals surface area contributed by atoms with Crippen molar-refractivity contribution in [1.29, 1.82) is 0 Å². The zero-order chi connectivity index (χ0) is 25.4. The van der Waals surface area contributed by atoms with E-state index in [2.05, 4.69) is 71.3 Å². The molecule has 0 spiro atoms. The Kier molecular flexibility index (Phi) is 6.71. The molecule has 4 aromatic rings. The van der Waals surface area contributed by atoms with Crippen LogP contribution in [-0.4, -0.2) is 71.9 Å². The van der Waals surface area contributed by atoms with Crippen LogP contribution in [0.4, 0.5) is 11.6 Å². The number of anilines is 2. The molecule has 0 radical (unpaired) electrons. The SMILES string of the molecule is CN(Cc1ccccc1)c1nc2sc3c(NCCN4CCOCC4)ncnc3c2c2c1COC(C)(C)C2. The molecule has 0 saturated carbocycles. The molecular weight excluding hydrogens is 484 g/mol.